The molecule has 0 bridgehead atoms. The van der Waals surface area contributed by atoms with Crippen molar-refractivity contribution in [3.05, 3.63) is 100 Å². The van der Waals surface area contributed by atoms with Crippen molar-refractivity contribution in [2.75, 3.05) is 17.7 Å². The molecule has 3 aromatic carbocycles. The van der Waals surface area contributed by atoms with Crippen molar-refractivity contribution in [3.63, 3.8) is 0 Å². The number of nitrogens with one attached hydrogen (secondary N) is 2. The zero-order chi connectivity index (χ0) is 25.9. The van der Waals surface area contributed by atoms with Crippen LogP contribution in [0.25, 0.3) is 0 Å². The Bertz CT molecular complexity index is 1490. The molecule has 0 radical (unpaired) electrons. The van der Waals surface area contributed by atoms with Crippen LogP contribution in [0.2, 0.25) is 0 Å². The monoisotopic (exact) mass is 496 g/mol. The fourth-order valence-corrected chi connectivity index (χ4v) is 4.44. The third-order valence-corrected chi connectivity index (χ3v) is 6.38. The Morgan fingerprint density at radius 1 is 1.03 bits per heavy atom. The highest BCUT2D eigenvalue weighted by Crippen LogP contribution is 2.39. The van der Waals surface area contributed by atoms with E-state index in [9.17, 15) is 4.79 Å². The van der Waals surface area contributed by atoms with Gasteiger partial charge in [0, 0.05) is 11.4 Å². The third kappa shape index (κ3) is 4.88. The molecule has 0 saturated heterocycles. The summed E-state index contributed by atoms with van der Waals surface area (Å²) in [6.45, 7) is 6.29. The molecular formula is C28H28N6O3. The number of aromatic nitrogens is 4. The van der Waals surface area contributed by atoms with Gasteiger partial charge >= 0.3 is 0 Å². The van der Waals surface area contributed by atoms with Gasteiger partial charge in [-0.25, -0.2) is 0 Å². The van der Waals surface area contributed by atoms with Gasteiger partial charge in [0.05, 0.1) is 12.7 Å². The van der Waals surface area contributed by atoms with Gasteiger partial charge in [0.15, 0.2) is 11.5 Å². The SMILES string of the molecule is COc1cc(C2C(C(=O)Nc3cccc(C)c3)=C(C)Nc3nnnn32)ccc1OCc1ccccc1C. The molecule has 2 heterocycles. The van der Waals surface area contributed by atoms with Gasteiger partial charge in [-0.3, -0.25) is 4.79 Å². The number of carbonyl (C=O) groups is 1. The normalized spacial score (nSPS) is 14.5. The van der Waals surface area contributed by atoms with Crippen molar-refractivity contribution in [2.24, 2.45) is 0 Å². The van der Waals surface area contributed by atoms with Crippen molar-refractivity contribution >= 4 is 17.5 Å². The van der Waals surface area contributed by atoms with Gasteiger partial charge in [-0.05, 0) is 77.7 Å². The molecule has 0 aliphatic carbocycles. The summed E-state index contributed by atoms with van der Waals surface area (Å²) >= 11 is 0. The van der Waals surface area contributed by atoms with Gasteiger partial charge in [0.25, 0.3) is 5.91 Å². The molecular weight excluding hydrogens is 468 g/mol. The molecule has 4 aromatic rings. The Hall–Kier alpha value is -4.66. The van der Waals surface area contributed by atoms with Crippen LogP contribution in [-0.4, -0.2) is 33.2 Å². The molecule has 9 heteroatoms. The number of nitrogens with zero attached hydrogens (tertiary/aromatic N) is 4. The summed E-state index contributed by atoms with van der Waals surface area (Å²) < 4.78 is 13.4. The summed E-state index contributed by atoms with van der Waals surface area (Å²) in [5.41, 5.74) is 5.96. The first-order valence-electron chi connectivity index (χ1n) is 11.9. The maximum absolute atomic E-state index is 13.6. The smallest absolute Gasteiger partial charge is 0.255 e. The van der Waals surface area contributed by atoms with E-state index in [4.69, 9.17) is 9.47 Å². The highest BCUT2D eigenvalue weighted by Gasteiger charge is 2.34. The number of rotatable bonds is 7. The first kappa shape index (κ1) is 24.1. The van der Waals surface area contributed by atoms with Crippen LogP contribution >= 0.6 is 0 Å². The van der Waals surface area contributed by atoms with Crippen molar-refractivity contribution in [1.29, 1.82) is 0 Å². The molecule has 1 atom stereocenters. The second-order valence-corrected chi connectivity index (χ2v) is 8.96. The molecule has 5 rings (SSSR count). The zero-order valence-electron chi connectivity index (χ0n) is 21.1. The Morgan fingerprint density at radius 2 is 1.86 bits per heavy atom. The number of fused-ring (bicyclic) bond motifs is 1. The summed E-state index contributed by atoms with van der Waals surface area (Å²) in [4.78, 5) is 13.6. The number of hydrogen-bond acceptors (Lipinski definition) is 7. The maximum Gasteiger partial charge on any atom is 0.255 e. The number of aryl methyl sites for hydroxylation is 2. The lowest BCUT2D eigenvalue weighted by atomic mass is 9.94. The largest absolute Gasteiger partial charge is 0.493 e. The Labute approximate surface area is 215 Å². The number of allylic oxidation sites excluding steroid dienone is 1. The van der Waals surface area contributed by atoms with E-state index in [2.05, 4.69) is 39.1 Å². The zero-order valence-corrected chi connectivity index (χ0v) is 21.1. The van der Waals surface area contributed by atoms with E-state index < -0.39 is 6.04 Å². The van der Waals surface area contributed by atoms with Crippen LogP contribution in [0.3, 0.4) is 0 Å². The molecule has 9 nitrogen and oxygen atoms in total. The number of benzene rings is 3. The van der Waals surface area contributed by atoms with Crippen molar-refractivity contribution in [3.8, 4) is 11.5 Å². The summed E-state index contributed by atoms with van der Waals surface area (Å²) in [5, 5.41) is 18.2. The molecule has 0 saturated carbocycles. The molecule has 1 amide bonds. The summed E-state index contributed by atoms with van der Waals surface area (Å²) in [5.74, 6) is 1.36. The first-order chi connectivity index (χ1) is 17.9. The van der Waals surface area contributed by atoms with Gasteiger partial charge in [-0.1, -0.05) is 47.6 Å². The van der Waals surface area contributed by atoms with E-state index in [1.165, 1.54) is 0 Å². The van der Waals surface area contributed by atoms with Crippen LogP contribution in [0.15, 0.2) is 78.0 Å². The second kappa shape index (κ2) is 10.1. The molecule has 188 valence electrons. The number of amides is 1. The molecule has 0 spiro atoms. The molecule has 1 unspecified atom stereocenters. The summed E-state index contributed by atoms with van der Waals surface area (Å²) in [7, 11) is 1.59. The minimum Gasteiger partial charge on any atom is -0.493 e. The highest BCUT2D eigenvalue weighted by molar-refractivity contribution is 6.06. The van der Waals surface area contributed by atoms with Crippen LogP contribution < -0.4 is 20.1 Å². The molecule has 37 heavy (non-hydrogen) atoms. The lowest BCUT2D eigenvalue weighted by Crippen LogP contribution is -2.31. The van der Waals surface area contributed by atoms with Gasteiger partial charge in [-0.2, -0.15) is 4.68 Å². The number of methoxy groups -OCH3 is 1. The number of carbonyl (C=O) groups excluding carboxylic acids is 1. The van der Waals surface area contributed by atoms with E-state index >= 15 is 0 Å². The number of tetrazole rings is 1. The number of ether oxygens (including phenoxy) is 2. The average Bonchev–Trinajstić information content (AvgIpc) is 3.35. The van der Waals surface area contributed by atoms with Gasteiger partial charge < -0.3 is 20.1 Å². The summed E-state index contributed by atoms with van der Waals surface area (Å²) in [6.07, 6.45) is 0. The lowest BCUT2D eigenvalue weighted by Gasteiger charge is -2.28. The van der Waals surface area contributed by atoms with Crippen LogP contribution in [0.4, 0.5) is 11.6 Å². The predicted molar refractivity (Wildman–Crippen MR) is 141 cm³/mol. The van der Waals surface area contributed by atoms with Crippen molar-refractivity contribution in [1.82, 2.24) is 20.2 Å². The average molecular weight is 497 g/mol. The fraction of sp³-hybridized carbons (Fsp3) is 0.214. The Morgan fingerprint density at radius 3 is 2.65 bits per heavy atom. The first-order valence-corrected chi connectivity index (χ1v) is 11.9. The van der Waals surface area contributed by atoms with Gasteiger partial charge in [0.2, 0.25) is 5.95 Å². The Kier molecular flexibility index (Phi) is 6.59. The van der Waals surface area contributed by atoms with Gasteiger partial charge in [-0.15, -0.1) is 0 Å². The van der Waals surface area contributed by atoms with E-state index in [-0.39, 0.29) is 5.91 Å². The molecule has 2 N–H and O–H groups in total. The third-order valence-electron chi connectivity index (χ3n) is 6.38. The van der Waals surface area contributed by atoms with E-state index in [0.29, 0.717) is 41.0 Å². The molecule has 1 aliphatic heterocycles. The minimum atomic E-state index is -0.574. The highest BCUT2D eigenvalue weighted by atomic mass is 16.5. The molecule has 1 aromatic heterocycles. The number of anilines is 2. The lowest BCUT2D eigenvalue weighted by molar-refractivity contribution is -0.113. The standard InChI is InChI=1S/C28H28N6O3/c1-17-8-7-11-22(14-17)30-27(35)25-19(3)29-28-31-32-33-34(28)26(25)20-12-13-23(24(15-20)36-4)37-16-21-10-6-5-9-18(21)2/h5-15,26H,16H2,1-4H3,(H,30,35)(H,29,31,33). The van der Waals surface area contributed by atoms with E-state index in [1.807, 2.05) is 74.5 Å². The fourth-order valence-electron chi connectivity index (χ4n) is 4.44. The second-order valence-electron chi connectivity index (χ2n) is 8.96. The molecule has 0 fully saturated rings. The van der Waals surface area contributed by atoms with Crippen LogP contribution in [0, 0.1) is 13.8 Å². The predicted octanol–water partition coefficient (Wildman–Crippen LogP) is 4.81. The quantitative estimate of drug-likeness (QED) is 0.379. The topological polar surface area (TPSA) is 103 Å². The summed E-state index contributed by atoms with van der Waals surface area (Å²) in [6, 6.07) is 20.8. The molecule has 1 aliphatic rings. The van der Waals surface area contributed by atoms with Gasteiger partial charge in [0.1, 0.15) is 12.6 Å². The Balaban J connectivity index is 1.48. The van der Waals surface area contributed by atoms with Crippen molar-refractivity contribution in [2.45, 2.75) is 33.4 Å². The van der Waals surface area contributed by atoms with E-state index in [1.54, 1.807) is 11.8 Å². The van der Waals surface area contributed by atoms with Crippen LogP contribution in [0.5, 0.6) is 11.5 Å². The maximum atomic E-state index is 13.6. The van der Waals surface area contributed by atoms with Crippen LogP contribution in [0.1, 0.15) is 35.2 Å². The number of hydrogen-bond donors (Lipinski definition) is 2. The van der Waals surface area contributed by atoms with Crippen LogP contribution in [-0.2, 0) is 11.4 Å². The van der Waals surface area contributed by atoms with Crippen molar-refractivity contribution < 1.29 is 14.3 Å². The van der Waals surface area contributed by atoms with E-state index in [0.717, 1.165) is 22.3 Å². The minimum absolute atomic E-state index is 0.249.